The predicted molar refractivity (Wildman–Crippen MR) is 138 cm³/mol. The molecule has 4 heterocycles. The molecule has 190 valence electrons. The van der Waals surface area contributed by atoms with E-state index in [1.807, 2.05) is 54.7 Å². The predicted octanol–water partition coefficient (Wildman–Crippen LogP) is 3.96. The highest BCUT2D eigenvalue weighted by Gasteiger charge is 2.30. The second-order valence-corrected chi connectivity index (χ2v) is 9.31. The number of ether oxygens (including phenoxy) is 1. The van der Waals surface area contributed by atoms with Crippen molar-refractivity contribution in [2.24, 2.45) is 5.92 Å². The van der Waals surface area contributed by atoms with Crippen LogP contribution >= 0.6 is 0 Å². The van der Waals surface area contributed by atoms with Gasteiger partial charge in [-0.05, 0) is 64.4 Å². The Balaban J connectivity index is 1.55. The van der Waals surface area contributed by atoms with E-state index >= 15 is 0 Å². The topological polar surface area (TPSA) is 115 Å². The number of nitrogens with zero attached hydrogens (tertiary/aromatic N) is 6. The van der Waals surface area contributed by atoms with Crippen molar-refractivity contribution < 1.29 is 9.15 Å². The fourth-order valence-electron chi connectivity index (χ4n) is 4.64. The van der Waals surface area contributed by atoms with Gasteiger partial charge in [0.05, 0.1) is 19.4 Å². The molecule has 4 aromatic heterocycles. The van der Waals surface area contributed by atoms with Gasteiger partial charge >= 0.3 is 0 Å². The average molecular weight is 500 g/mol. The number of hydrogen-bond donors (Lipinski definition) is 1. The largest absolute Gasteiger partial charge is 0.497 e. The zero-order valence-electron chi connectivity index (χ0n) is 21.0. The Kier molecular flexibility index (Phi) is 7.09. The Bertz CT molecular complexity index is 1510. The minimum atomic E-state index is -0.189. The van der Waals surface area contributed by atoms with E-state index in [1.165, 1.54) is 0 Å². The van der Waals surface area contributed by atoms with Crippen molar-refractivity contribution in [2.45, 2.75) is 39.5 Å². The minimum absolute atomic E-state index is 0.133. The number of nitrogens with one attached hydrogen (secondary N) is 1. The van der Waals surface area contributed by atoms with E-state index in [2.05, 4.69) is 44.2 Å². The third kappa shape index (κ3) is 5.44. The zero-order chi connectivity index (χ0) is 25.8. The number of rotatable bonds is 10. The van der Waals surface area contributed by atoms with Crippen molar-refractivity contribution in [3.8, 4) is 5.75 Å². The van der Waals surface area contributed by atoms with E-state index in [9.17, 15) is 4.79 Å². The number of furan rings is 1. The molecule has 0 saturated carbocycles. The van der Waals surface area contributed by atoms with Gasteiger partial charge in [0.25, 0.3) is 5.56 Å². The van der Waals surface area contributed by atoms with Crippen LogP contribution in [0.2, 0.25) is 0 Å². The summed E-state index contributed by atoms with van der Waals surface area (Å²) < 4.78 is 12.7. The second-order valence-electron chi connectivity index (χ2n) is 9.31. The van der Waals surface area contributed by atoms with Crippen molar-refractivity contribution in [1.82, 2.24) is 35.1 Å². The maximum absolute atomic E-state index is 13.1. The van der Waals surface area contributed by atoms with Crippen LogP contribution in [-0.2, 0) is 19.6 Å². The molecular weight excluding hydrogens is 470 g/mol. The lowest BCUT2D eigenvalue weighted by Gasteiger charge is -2.33. The average Bonchev–Trinajstić information content (AvgIpc) is 3.57. The first kappa shape index (κ1) is 24.4. The standard InChI is InChI=1S/C27H29N7O3/c1-18(2)25(26-30-31-32-34(26)17-23-7-5-11-37-23)33(15-19-6-4-10-28-14-19)16-21-12-20-13-22(36-3)8-9-24(20)29-27(21)35/h4-14,18,25H,15-17H2,1-3H3,(H,29,35)/t25-/m0/s1. The van der Waals surface area contributed by atoms with Crippen LogP contribution in [-0.4, -0.2) is 42.2 Å². The molecule has 0 unspecified atom stereocenters. The zero-order valence-corrected chi connectivity index (χ0v) is 21.0. The number of methoxy groups -OCH3 is 1. The highest BCUT2D eigenvalue weighted by molar-refractivity contribution is 5.80. The molecular formula is C27H29N7O3. The molecule has 1 atom stereocenters. The van der Waals surface area contributed by atoms with Gasteiger partial charge in [0.2, 0.25) is 0 Å². The lowest BCUT2D eigenvalue weighted by molar-refractivity contribution is 0.125. The molecule has 37 heavy (non-hydrogen) atoms. The van der Waals surface area contributed by atoms with Gasteiger partial charge in [0, 0.05) is 41.9 Å². The van der Waals surface area contributed by atoms with E-state index in [0.29, 0.717) is 31.0 Å². The molecule has 0 aliphatic rings. The summed E-state index contributed by atoms with van der Waals surface area (Å²) in [6, 6.07) is 15.0. The van der Waals surface area contributed by atoms with Gasteiger partial charge in [-0.1, -0.05) is 19.9 Å². The minimum Gasteiger partial charge on any atom is -0.497 e. The molecule has 0 radical (unpaired) electrons. The highest BCUT2D eigenvalue weighted by Crippen LogP contribution is 2.30. The number of H-pyrrole nitrogens is 1. The molecule has 0 aliphatic heterocycles. The van der Waals surface area contributed by atoms with Gasteiger partial charge in [-0.3, -0.25) is 14.7 Å². The first-order valence-corrected chi connectivity index (χ1v) is 12.1. The summed E-state index contributed by atoms with van der Waals surface area (Å²) in [6.07, 6.45) is 5.22. The van der Waals surface area contributed by atoms with Crippen LogP contribution in [0.25, 0.3) is 10.9 Å². The summed E-state index contributed by atoms with van der Waals surface area (Å²) in [5.74, 6) is 2.33. The van der Waals surface area contributed by atoms with Crippen molar-refractivity contribution in [1.29, 1.82) is 0 Å². The normalized spacial score (nSPS) is 12.5. The van der Waals surface area contributed by atoms with E-state index in [1.54, 1.807) is 24.3 Å². The van der Waals surface area contributed by atoms with E-state index < -0.39 is 0 Å². The van der Waals surface area contributed by atoms with Gasteiger partial charge in [-0.15, -0.1) is 5.10 Å². The lowest BCUT2D eigenvalue weighted by atomic mass is 9.99. The third-order valence-electron chi connectivity index (χ3n) is 6.34. The molecule has 0 aliphatic carbocycles. The van der Waals surface area contributed by atoms with Gasteiger partial charge in [0.1, 0.15) is 18.1 Å². The summed E-state index contributed by atoms with van der Waals surface area (Å²) >= 11 is 0. The van der Waals surface area contributed by atoms with Crippen molar-refractivity contribution in [3.63, 3.8) is 0 Å². The number of aromatic nitrogens is 6. The molecule has 10 nitrogen and oxygen atoms in total. The number of aromatic amines is 1. The fourth-order valence-corrected chi connectivity index (χ4v) is 4.64. The van der Waals surface area contributed by atoms with Crippen LogP contribution in [0, 0.1) is 5.92 Å². The summed E-state index contributed by atoms with van der Waals surface area (Å²) in [4.78, 5) is 22.7. The van der Waals surface area contributed by atoms with Crippen LogP contribution in [0.3, 0.4) is 0 Å². The second kappa shape index (κ2) is 10.8. The molecule has 0 bridgehead atoms. The maximum Gasteiger partial charge on any atom is 0.252 e. The number of hydrogen-bond acceptors (Lipinski definition) is 8. The fraction of sp³-hybridized carbons (Fsp3) is 0.296. The molecule has 0 spiro atoms. The number of pyridine rings is 2. The molecule has 1 N–H and O–H groups in total. The Morgan fingerprint density at radius 2 is 2.03 bits per heavy atom. The highest BCUT2D eigenvalue weighted by atomic mass is 16.5. The van der Waals surface area contributed by atoms with Crippen LogP contribution < -0.4 is 10.3 Å². The monoisotopic (exact) mass is 499 g/mol. The molecule has 0 amide bonds. The first-order chi connectivity index (χ1) is 18.0. The Hall–Kier alpha value is -4.31. The summed E-state index contributed by atoms with van der Waals surface area (Å²) in [6.45, 7) is 5.61. The molecule has 1 aromatic carbocycles. The summed E-state index contributed by atoms with van der Waals surface area (Å²) in [5, 5.41) is 13.5. The van der Waals surface area contributed by atoms with Crippen LogP contribution in [0.5, 0.6) is 5.75 Å². The molecule has 0 fully saturated rings. The van der Waals surface area contributed by atoms with E-state index in [-0.39, 0.29) is 17.5 Å². The SMILES string of the molecule is COc1ccc2[nH]c(=O)c(CN(Cc3cccnc3)[C@H](c3nnnn3Cc3ccco3)C(C)C)cc2c1. The lowest BCUT2D eigenvalue weighted by Crippen LogP contribution is -2.35. The van der Waals surface area contributed by atoms with Gasteiger partial charge < -0.3 is 14.1 Å². The van der Waals surface area contributed by atoms with Gasteiger partial charge in [-0.2, -0.15) is 0 Å². The first-order valence-electron chi connectivity index (χ1n) is 12.1. The van der Waals surface area contributed by atoms with E-state index in [0.717, 1.165) is 28.0 Å². The Labute approximate surface area is 213 Å². The quantitative estimate of drug-likeness (QED) is 0.307. The molecule has 5 rings (SSSR count). The van der Waals surface area contributed by atoms with Crippen molar-refractivity contribution in [3.05, 3.63) is 100 Å². The number of tetrazole rings is 1. The molecule has 5 aromatic rings. The van der Waals surface area contributed by atoms with Gasteiger partial charge in [-0.25, -0.2) is 4.68 Å². The van der Waals surface area contributed by atoms with Gasteiger partial charge in [0.15, 0.2) is 5.82 Å². The van der Waals surface area contributed by atoms with Crippen molar-refractivity contribution >= 4 is 10.9 Å². The molecule has 0 saturated heterocycles. The third-order valence-corrected chi connectivity index (χ3v) is 6.34. The Morgan fingerprint density at radius 1 is 1.14 bits per heavy atom. The van der Waals surface area contributed by atoms with Crippen LogP contribution in [0.15, 0.2) is 76.4 Å². The van der Waals surface area contributed by atoms with Crippen molar-refractivity contribution in [2.75, 3.05) is 7.11 Å². The maximum atomic E-state index is 13.1. The number of benzene rings is 1. The Morgan fingerprint density at radius 3 is 2.76 bits per heavy atom. The smallest absolute Gasteiger partial charge is 0.252 e. The van der Waals surface area contributed by atoms with Crippen LogP contribution in [0.4, 0.5) is 0 Å². The summed E-state index contributed by atoms with van der Waals surface area (Å²) in [7, 11) is 1.63. The van der Waals surface area contributed by atoms with E-state index in [4.69, 9.17) is 9.15 Å². The van der Waals surface area contributed by atoms with Crippen LogP contribution in [0.1, 0.15) is 42.6 Å². The number of fused-ring (bicyclic) bond motifs is 1. The molecule has 10 heteroatoms. The summed E-state index contributed by atoms with van der Waals surface area (Å²) in [5.41, 5.74) is 2.29.